The van der Waals surface area contributed by atoms with Crippen molar-refractivity contribution < 1.29 is 19.0 Å². The van der Waals surface area contributed by atoms with Crippen LogP contribution >= 0.6 is 0 Å². The van der Waals surface area contributed by atoms with E-state index < -0.39 is 11.8 Å². The Labute approximate surface area is 144 Å². The third-order valence-corrected chi connectivity index (χ3v) is 3.92. The van der Waals surface area contributed by atoms with E-state index in [2.05, 4.69) is 10.3 Å². The average Bonchev–Trinajstić information content (AvgIpc) is 2.58. The third-order valence-electron chi connectivity index (χ3n) is 3.92. The van der Waals surface area contributed by atoms with Crippen molar-refractivity contribution in [1.29, 1.82) is 0 Å². The number of methoxy groups -OCH3 is 1. The molecule has 6 heteroatoms. The molecule has 0 amide bonds. The second-order valence-corrected chi connectivity index (χ2v) is 5.64. The van der Waals surface area contributed by atoms with Gasteiger partial charge in [0.1, 0.15) is 11.6 Å². The molecule has 3 aromatic rings. The lowest BCUT2D eigenvalue weighted by Gasteiger charge is -2.17. The van der Waals surface area contributed by atoms with Gasteiger partial charge in [-0.15, -0.1) is 0 Å². The van der Waals surface area contributed by atoms with E-state index in [1.165, 1.54) is 12.1 Å². The summed E-state index contributed by atoms with van der Waals surface area (Å²) in [5.74, 6) is -0.728. The second-order valence-electron chi connectivity index (χ2n) is 5.64. The number of ether oxygens (including phenoxy) is 1. The summed E-state index contributed by atoms with van der Waals surface area (Å²) in [5, 5.41) is 13.0. The normalized spacial score (nSPS) is 10.7. The first-order valence-electron chi connectivity index (χ1n) is 7.69. The number of hydrogen-bond donors (Lipinski definition) is 2. The maximum atomic E-state index is 13.8. The highest BCUT2D eigenvalue weighted by Crippen LogP contribution is 2.33. The fourth-order valence-corrected chi connectivity index (χ4v) is 2.75. The maximum absolute atomic E-state index is 13.8. The number of nitrogens with zero attached hydrogens (tertiary/aromatic N) is 1. The Balaban J connectivity index is 2.21. The van der Waals surface area contributed by atoms with Crippen molar-refractivity contribution in [1.82, 2.24) is 4.98 Å². The van der Waals surface area contributed by atoms with Crippen LogP contribution in [0.3, 0.4) is 0 Å². The Morgan fingerprint density at radius 1 is 1.28 bits per heavy atom. The molecule has 0 atom stereocenters. The predicted molar refractivity (Wildman–Crippen MR) is 94.1 cm³/mol. The molecule has 0 saturated heterocycles. The van der Waals surface area contributed by atoms with Crippen molar-refractivity contribution in [2.45, 2.75) is 13.3 Å². The monoisotopic (exact) mass is 340 g/mol. The molecule has 0 spiro atoms. The zero-order valence-corrected chi connectivity index (χ0v) is 13.8. The molecule has 2 aromatic carbocycles. The number of hydrogen-bond acceptors (Lipinski definition) is 4. The van der Waals surface area contributed by atoms with E-state index in [1.54, 1.807) is 32.2 Å². The van der Waals surface area contributed by atoms with Gasteiger partial charge in [0.05, 0.1) is 24.7 Å². The minimum atomic E-state index is -0.977. The molecule has 2 N–H and O–H groups in total. The summed E-state index contributed by atoms with van der Waals surface area (Å²) in [7, 11) is 1.57. The molecule has 0 fully saturated rings. The van der Waals surface area contributed by atoms with Crippen LogP contribution in [0.2, 0.25) is 0 Å². The van der Waals surface area contributed by atoms with Crippen molar-refractivity contribution in [3.05, 3.63) is 59.5 Å². The maximum Gasteiger partial charge on any atom is 0.307 e. The number of carboxylic acids is 1. The smallest absolute Gasteiger partial charge is 0.307 e. The molecule has 0 unspecified atom stereocenters. The van der Waals surface area contributed by atoms with Crippen LogP contribution in [0.25, 0.3) is 10.9 Å². The van der Waals surface area contributed by atoms with Crippen molar-refractivity contribution in [3.63, 3.8) is 0 Å². The summed E-state index contributed by atoms with van der Waals surface area (Å²) in [6, 6.07) is 11.5. The van der Waals surface area contributed by atoms with E-state index in [9.17, 15) is 14.3 Å². The van der Waals surface area contributed by atoms with Crippen LogP contribution in [0.15, 0.2) is 42.5 Å². The summed E-state index contributed by atoms with van der Waals surface area (Å²) < 4.78 is 19.0. The molecule has 1 aromatic heterocycles. The second kappa shape index (κ2) is 6.76. The van der Waals surface area contributed by atoms with Crippen LogP contribution in [0.1, 0.15) is 11.3 Å². The van der Waals surface area contributed by atoms with Gasteiger partial charge in [-0.3, -0.25) is 9.78 Å². The molecule has 128 valence electrons. The number of fused-ring (bicyclic) bond motifs is 1. The Bertz CT molecular complexity index is 957. The summed E-state index contributed by atoms with van der Waals surface area (Å²) in [6.07, 6.45) is -0.211. The fraction of sp³-hybridized carbons (Fsp3) is 0.158. The molecule has 5 nitrogen and oxygen atoms in total. The standard InChI is InChI=1S/C19H17FN2O3/c1-11-15(10-18(23)24)19(16-8-12(20)6-7-17(16)21-11)22-13-4-3-5-14(9-13)25-2/h3-9H,10H2,1-2H3,(H,21,22)(H,23,24). The number of benzene rings is 2. The Hall–Kier alpha value is -3.15. The predicted octanol–water partition coefficient (Wildman–Crippen LogP) is 4.06. The summed E-state index contributed by atoms with van der Waals surface area (Å²) in [6.45, 7) is 1.75. The first-order valence-corrected chi connectivity index (χ1v) is 7.69. The molecular formula is C19H17FN2O3. The Morgan fingerprint density at radius 2 is 2.08 bits per heavy atom. The van der Waals surface area contributed by atoms with Gasteiger partial charge in [-0.05, 0) is 37.3 Å². The van der Waals surface area contributed by atoms with Crippen LogP contribution in [-0.2, 0) is 11.2 Å². The highest BCUT2D eigenvalue weighted by molar-refractivity contribution is 5.96. The number of aliphatic carboxylic acids is 1. The van der Waals surface area contributed by atoms with Gasteiger partial charge in [-0.1, -0.05) is 6.07 Å². The summed E-state index contributed by atoms with van der Waals surface area (Å²) in [4.78, 5) is 15.7. The van der Waals surface area contributed by atoms with Gasteiger partial charge in [0.25, 0.3) is 0 Å². The number of rotatable bonds is 5. The van der Waals surface area contributed by atoms with Crippen LogP contribution in [0.5, 0.6) is 5.75 Å². The zero-order chi connectivity index (χ0) is 18.0. The van der Waals surface area contributed by atoms with Crippen molar-refractivity contribution in [2.24, 2.45) is 0 Å². The average molecular weight is 340 g/mol. The first-order chi connectivity index (χ1) is 12.0. The SMILES string of the molecule is COc1cccc(Nc2c(CC(=O)O)c(C)nc3ccc(F)cc23)c1. The minimum Gasteiger partial charge on any atom is -0.497 e. The van der Waals surface area contributed by atoms with Crippen LogP contribution < -0.4 is 10.1 Å². The van der Waals surface area contributed by atoms with Gasteiger partial charge in [-0.2, -0.15) is 0 Å². The van der Waals surface area contributed by atoms with E-state index in [0.717, 1.165) is 0 Å². The van der Waals surface area contributed by atoms with E-state index >= 15 is 0 Å². The lowest BCUT2D eigenvalue weighted by Crippen LogP contribution is -2.08. The minimum absolute atomic E-state index is 0.211. The molecular weight excluding hydrogens is 323 g/mol. The molecule has 0 bridgehead atoms. The number of carboxylic acid groups (broad SMARTS) is 1. The molecule has 0 aliphatic rings. The number of halogens is 1. The lowest BCUT2D eigenvalue weighted by atomic mass is 10.0. The van der Waals surface area contributed by atoms with Crippen molar-refractivity contribution in [3.8, 4) is 5.75 Å². The summed E-state index contributed by atoms with van der Waals surface area (Å²) >= 11 is 0. The molecule has 0 aliphatic heterocycles. The summed E-state index contributed by atoms with van der Waals surface area (Å²) in [5.41, 5.74) is 2.96. The van der Waals surface area contributed by atoms with Crippen LogP contribution in [0.4, 0.5) is 15.8 Å². The van der Waals surface area contributed by atoms with E-state index in [1.807, 2.05) is 12.1 Å². The molecule has 0 aliphatic carbocycles. The van der Waals surface area contributed by atoms with Gasteiger partial charge in [0.15, 0.2) is 0 Å². The lowest BCUT2D eigenvalue weighted by molar-refractivity contribution is -0.136. The number of pyridine rings is 1. The van der Waals surface area contributed by atoms with Gasteiger partial charge >= 0.3 is 5.97 Å². The fourth-order valence-electron chi connectivity index (χ4n) is 2.75. The highest BCUT2D eigenvalue weighted by atomic mass is 19.1. The van der Waals surface area contributed by atoms with Crippen LogP contribution in [0, 0.1) is 12.7 Å². The Kier molecular flexibility index (Phi) is 4.52. The number of aryl methyl sites for hydroxylation is 1. The molecule has 0 saturated carbocycles. The largest absolute Gasteiger partial charge is 0.497 e. The van der Waals surface area contributed by atoms with Crippen molar-refractivity contribution >= 4 is 28.2 Å². The number of anilines is 2. The Morgan fingerprint density at radius 3 is 2.80 bits per heavy atom. The van der Waals surface area contributed by atoms with Gasteiger partial charge in [-0.25, -0.2) is 4.39 Å². The van der Waals surface area contributed by atoms with Crippen molar-refractivity contribution in [2.75, 3.05) is 12.4 Å². The number of nitrogens with one attached hydrogen (secondary N) is 1. The molecule has 25 heavy (non-hydrogen) atoms. The zero-order valence-electron chi connectivity index (χ0n) is 13.8. The first kappa shape index (κ1) is 16.7. The highest BCUT2D eigenvalue weighted by Gasteiger charge is 2.16. The van der Waals surface area contributed by atoms with E-state index in [4.69, 9.17) is 4.74 Å². The van der Waals surface area contributed by atoms with E-state index in [0.29, 0.717) is 39.3 Å². The van der Waals surface area contributed by atoms with E-state index in [-0.39, 0.29) is 6.42 Å². The quantitative estimate of drug-likeness (QED) is 0.733. The topological polar surface area (TPSA) is 71.5 Å². The van der Waals surface area contributed by atoms with Gasteiger partial charge < -0.3 is 15.2 Å². The third kappa shape index (κ3) is 3.52. The molecule has 0 radical (unpaired) electrons. The number of aromatic nitrogens is 1. The number of carbonyl (C=O) groups is 1. The van der Waals surface area contributed by atoms with Gasteiger partial charge in [0.2, 0.25) is 0 Å². The van der Waals surface area contributed by atoms with Crippen LogP contribution in [-0.4, -0.2) is 23.2 Å². The molecule has 1 heterocycles. The molecule has 3 rings (SSSR count). The van der Waals surface area contributed by atoms with Gasteiger partial charge in [0, 0.05) is 28.4 Å².